The van der Waals surface area contributed by atoms with Gasteiger partial charge >= 0.3 is 0 Å². The summed E-state index contributed by atoms with van der Waals surface area (Å²) >= 11 is 0. The predicted octanol–water partition coefficient (Wildman–Crippen LogP) is 3.28. The van der Waals surface area contributed by atoms with Crippen molar-refractivity contribution in [3.63, 3.8) is 0 Å². The molecular weight excluding hydrogens is 312 g/mol. The fourth-order valence-electron chi connectivity index (χ4n) is 3.88. The van der Waals surface area contributed by atoms with Crippen molar-refractivity contribution in [1.29, 1.82) is 0 Å². The standard InChI is InChI=1S/C20H26N4O/c1-15(16-7-8-16)24-19(9-11-21-24)22-20(25)14-23-12-10-18(13-23)17-5-3-2-4-6-17/h2-6,9,11,15-16,18H,7-8,10,12-14H2,1H3,(H,22,25)/t15-,18+/m1/s1. The molecule has 1 amide bonds. The molecule has 2 aromatic rings. The van der Waals surface area contributed by atoms with Gasteiger partial charge in [-0.3, -0.25) is 9.69 Å². The molecule has 2 aliphatic rings. The van der Waals surface area contributed by atoms with Gasteiger partial charge in [0, 0.05) is 12.6 Å². The summed E-state index contributed by atoms with van der Waals surface area (Å²) in [6.45, 7) is 4.57. The van der Waals surface area contributed by atoms with Crippen molar-refractivity contribution >= 4 is 11.7 Å². The molecule has 2 atom stereocenters. The second-order valence-corrected chi connectivity index (χ2v) is 7.42. The molecule has 4 rings (SSSR count). The van der Waals surface area contributed by atoms with Gasteiger partial charge in [-0.05, 0) is 50.1 Å². The van der Waals surface area contributed by atoms with E-state index in [9.17, 15) is 4.79 Å². The maximum absolute atomic E-state index is 12.5. The van der Waals surface area contributed by atoms with Crippen LogP contribution in [0.3, 0.4) is 0 Å². The van der Waals surface area contributed by atoms with Gasteiger partial charge in [-0.25, -0.2) is 4.68 Å². The number of aromatic nitrogens is 2. The van der Waals surface area contributed by atoms with Crippen LogP contribution in [0.25, 0.3) is 0 Å². The molecule has 2 fully saturated rings. The summed E-state index contributed by atoms with van der Waals surface area (Å²) in [5, 5.41) is 7.46. The van der Waals surface area contributed by atoms with Crippen molar-refractivity contribution in [3.05, 3.63) is 48.2 Å². The summed E-state index contributed by atoms with van der Waals surface area (Å²) in [6, 6.07) is 12.9. The summed E-state index contributed by atoms with van der Waals surface area (Å²) in [5.74, 6) is 2.12. The third kappa shape index (κ3) is 3.76. The molecule has 1 aromatic carbocycles. The number of hydrogen-bond acceptors (Lipinski definition) is 3. The third-order valence-corrected chi connectivity index (χ3v) is 5.54. The van der Waals surface area contributed by atoms with Gasteiger partial charge in [0.15, 0.2) is 0 Å². The Bertz CT molecular complexity index is 722. The predicted molar refractivity (Wildman–Crippen MR) is 98.5 cm³/mol. The van der Waals surface area contributed by atoms with Crippen molar-refractivity contribution in [1.82, 2.24) is 14.7 Å². The van der Waals surface area contributed by atoms with Crippen LogP contribution in [0.2, 0.25) is 0 Å². The lowest BCUT2D eigenvalue weighted by Gasteiger charge is -2.18. The van der Waals surface area contributed by atoms with E-state index in [2.05, 4.69) is 52.6 Å². The highest BCUT2D eigenvalue weighted by molar-refractivity contribution is 5.91. The van der Waals surface area contributed by atoms with Crippen LogP contribution in [-0.2, 0) is 4.79 Å². The van der Waals surface area contributed by atoms with Crippen LogP contribution in [0.15, 0.2) is 42.6 Å². The lowest BCUT2D eigenvalue weighted by atomic mass is 9.99. The molecule has 5 heteroatoms. The molecule has 1 N–H and O–H groups in total. The van der Waals surface area contributed by atoms with Gasteiger partial charge in [-0.2, -0.15) is 5.10 Å². The molecule has 1 saturated carbocycles. The maximum atomic E-state index is 12.5. The van der Waals surface area contributed by atoms with E-state index in [-0.39, 0.29) is 5.91 Å². The number of anilines is 1. The van der Waals surface area contributed by atoms with Crippen LogP contribution in [0, 0.1) is 5.92 Å². The second-order valence-electron chi connectivity index (χ2n) is 7.42. The Morgan fingerprint density at radius 2 is 2.04 bits per heavy atom. The van der Waals surface area contributed by atoms with Gasteiger partial charge in [0.2, 0.25) is 5.91 Å². The number of rotatable bonds is 6. The Morgan fingerprint density at radius 3 is 2.80 bits per heavy atom. The van der Waals surface area contributed by atoms with Gasteiger partial charge < -0.3 is 5.32 Å². The molecule has 1 aliphatic carbocycles. The fourth-order valence-corrected chi connectivity index (χ4v) is 3.88. The van der Waals surface area contributed by atoms with E-state index in [0.717, 1.165) is 25.3 Å². The van der Waals surface area contributed by atoms with Crippen LogP contribution in [-0.4, -0.2) is 40.2 Å². The van der Waals surface area contributed by atoms with E-state index < -0.39 is 0 Å². The van der Waals surface area contributed by atoms with E-state index >= 15 is 0 Å². The molecule has 5 nitrogen and oxygen atoms in total. The summed E-state index contributed by atoms with van der Waals surface area (Å²) in [7, 11) is 0. The van der Waals surface area contributed by atoms with E-state index in [1.54, 1.807) is 6.20 Å². The Kier molecular flexibility index (Phi) is 4.57. The number of hydrogen-bond donors (Lipinski definition) is 1. The highest BCUT2D eigenvalue weighted by atomic mass is 16.2. The normalized spacial score (nSPS) is 22.0. The first-order valence-corrected chi connectivity index (χ1v) is 9.31. The van der Waals surface area contributed by atoms with Crippen LogP contribution >= 0.6 is 0 Å². The Morgan fingerprint density at radius 1 is 1.24 bits per heavy atom. The summed E-state index contributed by atoms with van der Waals surface area (Å²) < 4.78 is 1.96. The maximum Gasteiger partial charge on any atom is 0.239 e. The lowest BCUT2D eigenvalue weighted by Crippen LogP contribution is -2.32. The number of benzene rings is 1. The smallest absolute Gasteiger partial charge is 0.239 e. The quantitative estimate of drug-likeness (QED) is 0.879. The van der Waals surface area contributed by atoms with Crippen molar-refractivity contribution in [2.24, 2.45) is 5.92 Å². The van der Waals surface area contributed by atoms with Crippen LogP contribution in [0.5, 0.6) is 0 Å². The highest BCUT2D eigenvalue weighted by Crippen LogP contribution is 2.40. The molecular formula is C20H26N4O. The summed E-state index contributed by atoms with van der Waals surface area (Å²) in [5.41, 5.74) is 1.38. The first-order valence-electron chi connectivity index (χ1n) is 9.31. The lowest BCUT2D eigenvalue weighted by molar-refractivity contribution is -0.117. The van der Waals surface area contributed by atoms with Crippen molar-refractivity contribution < 1.29 is 4.79 Å². The van der Waals surface area contributed by atoms with Gasteiger partial charge in [0.05, 0.1) is 18.8 Å². The van der Waals surface area contributed by atoms with Crippen molar-refractivity contribution in [2.75, 3.05) is 25.0 Å². The van der Waals surface area contributed by atoms with Gasteiger partial charge in [-0.15, -0.1) is 0 Å². The largest absolute Gasteiger partial charge is 0.310 e. The first kappa shape index (κ1) is 16.3. The second kappa shape index (κ2) is 7.00. The van der Waals surface area contributed by atoms with Gasteiger partial charge in [0.1, 0.15) is 5.82 Å². The number of nitrogens with one attached hydrogen (secondary N) is 1. The van der Waals surface area contributed by atoms with Crippen molar-refractivity contribution in [3.8, 4) is 0 Å². The summed E-state index contributed by atoms with van der Waals surface area (Å²) in [6.07, 6.45) is 5.43. The van der Waals surface area contributed by atoms with Crippen LogP contribution in [0.4, 0.5) is 5.82 Å². The van der Waals surface area contributed by atoms with E-state index in [1.807, 2.05) is 10.7 Å². The Balaban J connectivity index is 1.32. The zero-order valence-corrected chi connectivity index (χ0v) is 14.8. The molecule has 1 aliphatic heterocycles. The average molecular weight is 338 g/mol. The number of likely N-dealkylation sites (tertiary alicyclic amines) is 1. The monoisotopic (exact) mass is 338 g/mol. The zero-order chi connectivity index (χ0) is 17.2. The number of amides is 1. The number of carbonyl (C=O) groups excluding carboxylic acids is 1. The van der Waals surface area contributed by atoms with Crippen LogP contribution in [0.1, 0.15) is 43.7 Å². The molecule has 1 saturated heterocycles. The molecule has 0 unspecified atom stereocenters. The Hall–Kier alpha value is -2.14. The molecule has 1 aromatic heterocycles. The van der Waals surface area contributed by atoms with Crippen molar-refractivity contribution in [2.45, 2.75) is 38.1 Å². The molecule has 25 heavy (non-hydrogen) atoms. The molecule has 0 radical (unpaired) electrons. The van der Waals surface area contributed by atoms with Crippen LogP contribution < -0.4 is 5.32 Å². The SMILES string of the molecule is C[C@H](C1CC1)n1nccc1NC(=O)CN1CC[C@H](c2ccccc2)C1. The topological polar surface area (TPSA) is 50.2 Å². The molecule has 0 spiro atoms. The van der Waals surface area contributed by atoms with Gasteiger partial charge in [0.25, 0.3) is 0 Å². The molecule has 0 bridgehead atoms. The summed E-state index contributed by atoms with van der Waals surface area (Å²) in [4.78, 5) is 14.7. The highest BCUT2D eigenvalue weighted by Gasteiger charge is 2.31. The molecule has 2 heterocycles. The van der Waals surface area contributed by atoms with E-state index in [4.69, 9.17) is 0 Å². The number of nitrogens with zero attached hydrogens (tertiary/aromatic N) is 3. The Labute approximate surface area is 149 Å². The average Bonchev–Trinajstić information content (AvgIpc) is 3.21. The minimum atomic E-state index is 0.0541. The number of carbonyl (C=O) groups is 1. The first-order chi connectivity index (χ1) is 12.2. The zero-order valence-electron chi connectivity index (χ0n) is 14.8. The van der Waals surface area contributed by atoms with E-state index in [1.165, 1.54) is 18.4 Å². The fraction of sp³-hybridized carbons (Fsp3) is 0.500. The third-order valence-electron chi connectivity index (χ3n) is 5.54. The van der Waals surface area contributed by atoms with E-state index in [0.29, 0.717) is 24.4 Å². The minimum Gasteiger partial charge on any atom is -0.310 e. The van der Waals surface area contributed by atoms with Gasteiger partial charge in [-0.1, -0.05) is 30.3 Å². The molecule has 132 valence electrons. The minimum absolute atomic E-state index is 0.0541.